The summed E-state index contributed by atoms with van der Waals surface area (Å²) in [6, 6.07) is 12.4. The van der Waals surface area contributed by atoms with Gasteiger partial charge in [0.05, 0.1) is 11.6 Å². The third-order valence-electron chi connectivity index (χ3n) is 3.97. The highest BCUT2D eigenvalue weighted by atomic mass is 19.1. The molecule has 2 aromatic carbocycles. The number of hydrogen-bond donors (Lipinski definition) is 1. The molecule has 106 valence electrons. The number of nitrogen functional groups attached to an aromatic ring is 1. The van der Waals surface area contributed by atoms with Crippen molar-refractivity contribution in [3.8, 4) is 6.07 Å². The molecule has 0 aromatic heterocycles. The van der Waals surface area contributed by atoms with Gasteiger partial charge >= 0.3 is 0 Å². The SMILES string of the molecule is N#Cc1ccc(F)cc1CN1CCc2cccc(N)c2C1. The van der Waals surface area contributed by atoms with Crippen LogP contribution in [0, 0.1) is 17.1 Å². The van der Waals surface area contributed by atoms with Crippen LogP contribution in [0.1, 0.15) is 22.3 Å². The fourth-order valence-electron chi connectivity index (χ4n) is 2.84. The van der Waals surface area contributed by atoms with Crippen molar-refractivity contribution in [2.45, 2.75) is 19.5 Å². The second-order valence-electron chi connectivity index (χ2n) is 5.36. The van der Waals surface area contributed by atoms with E-state index in [0.29, 0.717) is 12.1 Å². The summed E-state index contributed by atoms with van der Waals surface area (Å²) in [5.74, 6) is -0.305. The highest BCUT2D eigenvalue weighted by molar-refractivity contribution is 5.51. The van der Waals surface area contributed by atoms with Crippen LogP contribution in [0.3, 0.4) is 0 Å². The number of benzene rings is 2. The molecule has 3 nitrogen and oxygen atoms in total. The lowest BCUT2D eigenvalue weighted by atomic mass is 9.97. The fraction of sp³-hybridized carbons (Fsp3) is 0.235. The van der Waals surface area contributed by atoms with Gasteiger partial charge in [-0.05, 0) is 47.4 Å². The lowest BCUT2D eigenvalue weighted by Gasteiger charge is -2.29. The third-order valence-corrected chi connectivity index (χ3v) is 3.97. The van der Waals surface area contributed by atoms with Crippen molar-refractivity contribution in [1.82, 2.24) is 4.90 Å². The van der Waals surface area contributed by atoms with Crippen LogP contribution in [0.25, 0.3) is 0 Å². The normalized spacial score (nSPS) is 14.5. The van der Waals surface area contributed by atoms with E-state index in [4.69, 9.17) is 11.0 Å². The molecule has 0 saturated carbocycles. The van der Waals surface area contributed by atoms with Crippen LogP contribution in [0.15, 0.2) is 36.4 Å². The average Bonchev–Trinajstić information content (AvgIpc) is 2.48. The fourth-order valence-corrected chi connectivity index (χ4v) is 2.84. The van der Waals surface area contributed by atoms with Crippen LogP contribution >= 0.6 is 0 Å². The Hall–Kier alpha value is -2.38. The number of rotatable bonds is 2. The maximum Gasteiger partial charge on any atom is 0.123 e. The van der Waals surface area contributed by atoms with E-state index in [2.05, 4.69) is 17.0 Å². The molecule has 3 rings (SSSR count). The Kier molecular flexibility index (Phi) is 3.59. The first-order valence-corrected chi connectivity index (χ1v) is 6.94. The van der Waals surface area contributed by atoms with E-state index in [1.807, 2.05) is 12.1 Å². The second kappa shape index (κ2) is 5.55. The van der Waals surface area contributed by atoms with Crippen molar-refractivity contribution in [2.24, 2.45) is 0 Å². The predicted octanol–water partition coefficient (Wildman–Crippen LogP) is 2.84. The molecular weight excluding hydrogens is 265 g/mol. The van der Waals surface area contributed by atoms with Crippen molar-refractivity contribution in [2.75, 3.05) is 12.3 Å². The smallest absolute Gasteiger partial charge is 0.123 e. The Morgan fingerprint density at radius 1 is 1.29 bits per heavy atom. The summed E-state index contributed by atoms with van der Waals surface area (Å²) in [7, 11) is 0. The molecule has 2 N–H and O–H groups in total. The van der Waals surface area contributed by atoms with Gasteiger partial charge in [-0.2, -0.15) is 5.26 Å². The summed E-state index contributed by atoms with van der Waals surface area (Å²) >= 11 is 0. The molecular formula is C17H16FN3. The summed E-state index contributed by atoms with van der Waals surface area (Å²) in [6.45, 7) is 2.19. The zero-order valence-electron chi connectivity index (χ0n) is 11.6. The van der Waals surface area contributed by atoms with Crippen LogP contribution in [-0.2, 0) is 19.5 Å². The number of halogens is 1. The molecule has 0 atom stereocenters. The van der Waals surface area contributed by atoms with Crippen LogP contribution in [-0.4, -0.2) is 11.4 Å². The van der Waals surface area contributed by atoms with E-state index >= 15 is 0 Å². The molecule has 21 heavy (non-hydrogen) atoms. The van der Waals surface area contributed by atoms with E-state index in [-0.39, 0.29) is 5.82 Å². The van der Waals surface area contributed by atoms with Crippen molar-refractivity contribution in [1.29, 1.82) is 5.26 Å². The van der Waals surface area contributed by atoms with Gasteiger partial charge in [0.2, 0.25) is 0 Å². The minimum atomic E-state index is -0.305. The molecule has 1 aliphatic rings. The van der Waals surface area contributed by atoms with Gasteiger partial charge in [-0.3, -0.25) is 4.90 Å². The first kappa shape index (κ1) is 13.6. The van der Waals surface area contributed by atoms with Gasteiger partial charge in [0.15, 0.2) is 0 Å². The molecule has 0 amide bonds. The van der Waals surface area contributed by atoms with E-state index in [1.54, 1.807) is 0 Å². The molecule has 0 saturated heterocycles. The molecule has 0 spiro atoms. The van der Waals surface area contributed by atoms with E-state index in [1.165, 1.54) is 23.8 Å². The number of nitrogens with zero attached hydrogens (tertiary/aromatic N) is 2. The zero-order valence-corrected chi connectivity index (χ0v) is 11.6. The van der Waals surface area contributed by atoms with Gasteiger partial charge in [0, 0.05) is 25.3 Å². The minimum Gasteiger partial charge on any atom is -0.398 e. The van der Waals surface area contributed by atoms with Gasteiger partial charge in [0.1, 0.15) is 5.82 Å². The molecule has 0 bridgehead atoms. The van der Waals surface area contributed by atoms with Crippen molar-refractivity contribution >= 4 is 5.69 Å². The third kappa shape index (κ3) is 2.74. The van der Waals surface area contributed by atoms with Crippen LogP contribution in [0.5, 0.6) is 0 Å². The Labute approximate surface area is 123 Å². The van der Waals surface area contributed by atoms with Gasteiger partial charge in [-0.1, -0.05) is 12.1 Å². The van der Waals surface area contributed by atoms with Gasteiger partial charge in [0.25, 0.3) is 0 Å². The number of nitriles is 1. The van der Waals surface area contributed by atoms with E-state index in [0.717, 1.165) is 36.3 Å². The molecule has 0 aliphatic carbocycles. The summed E-state index contributed by atoms with van der Waals surface area (Å²) in [6.07, 6.45) is 0.928. The molecule has 2 aromatic rings. The topological polar surface area (TPSA) is 53.0 Å². The Bertz CT molecular complexity index is 718. The maximum atomic E-state index is 13.4. The lowest BCUT2D eigenvalue weighted by molar-refractivity contribution is 0.245. The highest BCUT2D eigenvalue weighted by Crippen LogP contribution is 2.25. The first-order chi connectivity index (χ1) is 10.2. The number of nitrogens with two attached hydrogens (primary N) is 1. The number of hydrogen-bond acceptors (Lipinski definition) is 3. The van der Waals surface area contributed by atoms with Gasteiger partial charge < -0.3 is 5.73 Å². The van der Waals surface area contributed by atoms with Crippen molar-refractivity contribution in [3.05, 3.63) is 64.5 Å². The van der Waals surface area contributed by atoms with Crippen LogP contribution in [0.4, 0.5) is 10.1 Å². The predicted molar refractivity (Wildman–Crippen MR) is 79.8 cm³/mol. The quantitative estimate of drug-likeness (QED) is 0.861. The zero-order chi connectivity index (χ0) is 14.8. The molecule has 4 heteroatoms. The van der Waals surface area contributed by atoms with Crippen molar-refractivity contribution < 1.29 is 4.39 Å². The first-order valence-electron chi connectivity index (χ1n) is 6.94. The summed E-state index contributed by atoms with van der Waals surface area (Å²) in [4.78, 5) is 2.20. The Morgan fingerprint density at radius 2 is 2.14 bits per heavy atom. The van der Waals surface area contributed by atoms with E-state index in [9.17, 15) is 4.39 Å². The molecule has 0 radical (unpaired) electrons. The average molecular weight is 281 g/mol. The summed E-state index contributed by atoms with van der Waals surface area (Å²) in [5.41, 5.74) is 10.5. The molecule has 0 fully saturated rings. The Balaban J connectivity index is 1.84. The molecule has 1 heterocycles. The van der Waals surface area contributed by atoms with Gasteiger partial charge in [-0.15, -0.1) is 0 Å². The number of fused-ring (bicyclic) bond motifs is 1. The van der Waals surface area contributed by atoms with Crippen molar-refractivity contribution in [3.63, 3.8) is 0 Å². The second-order valence-corrected chi connectivity index (χ2v) is 5.36. The molecule has 0 unspecified atom stereocenters. The largest absolute Gasteiger partial charge is 0.398 e. The summed E-state index contributed by atoms with van der Waals surface area (Å²) in [5, 5.41) is 9.13. The van der Waals surface area contributed by atoms with E-state index < -0.39 is 0 Å². The number of anilines is 1. The van der Waals surface area contributed by atoms with Crippen LogP contribution in [0.2, 0.25) is 0 Å². The minimum absolute atomic E-state index is 0.305. The standard InChI is InChI=1S/C17H16FN3/c18-15-5-4-13(9-19)14(8-15)10-21-7-6-12-2-1-3-17(20)16(12)11-21/h1-5,8H,6-7,10-11,20H2. The van der Waals surface area contributed by atoms with Crippen LogP contribution < -0.4 is 5.73 Å². The summed E-state index contributed by atoms with van der Waals surface area (Å²) < 4.78 is 13.4. The monoisotopic (exact) mass is 281 g/mol. The molecule has 1 aliphatic heterocycles. The Morgan fingerprint density at radius 3 is 2.95 bits per heavy atom. The highest BCUT2D eigenvalue weighted by Gasteiger charge is 2.19. The lowest BCUT2D eigenvalue weighted by Crippen LogP contribution is -2.31. The maximum absolute atomic E-state index is 13.4. The van der Waals surface area contributed by atoms with Gasteiger partial charge in [-0.25, -0.2) is 4.39 Å².